The Hall–Kier alpha value is 0.110. The lowest BCUT2D eigenvalue weighted by Gasteiger charge is -2.40. The van der Waals surface area contributed by atoms with Gasteiger partial charge in [0.05, 0.1) is 0 Å². The zero-order chi connectivity index (χ0) is 8.32. The van der Waals surface area contributed by atoms with E-state index in [2.05, 4.69) is 0 Å². The minimum Gasteiger partial charge on any atom is -0.330 e. The van der Waals surface area contributed by atoms with Gasteiger partial charge in [-0.15, -0.1) is 0 Å². The van der Waals surface area contributed by atoms with E-state index in [0.717, 1.165) is 18.7 Å². The topological polar surface area (TPSA) is 43.1 Å². The molecule has 0 aromatic heterocycles. The molecule has 3 heteroatoms. The van der Waals surface area contributed by atoms with E-state index in [1.54, 1.807) is 6.26 Å². The monoisotopic (exact) mass is 175 g/mol. The van der Waals surface area contributed by atoms with Gasteiger partial charge in [-0.2, -0.15) is 0 Å². The van der Waals surface area contributed by atoms with Gasteiger partial charge in [-0.25, -0.2) is 0 Å². The number of nitrogens with two attached hydrogens (primary N) is 1. The molecule has 0 bridgehead atoms. The van der Waals surface area contributed by atoms with E-state index in [0.29, 0.717) is 5.41 Å². The van der Waals surface area contributed by atoms with Crippen LogP contribution in [-0.2, 0) is 10.8 Å². The average Bonchev–Trinajstić information content (AvgIpc) is 1.86. The molecule has 11 heavy (non-hydrogen) atoms. The van der Waals surface area contributed by atoms with Gasteiger partial charge in [-0.3, -0.25) is 4.21 Å². The first-order valence-corrected chi connectivity index (χ1v) is 5.91. The van der Waals surface area contributed by atoms with E-state index >= 15 is 0 Å². The Morgan fingerprint density at radius 2 is 2.18 bits per heavy atom. The van der Waals surface area contributed by atoms with Gasteiger partial charge in [0, 0.05) is 22.8 Å². The van der Waals surface area contributed by atoms with E-state index in [1.165, 1.54) is 19.3 Å². The van der Waals surface area contributed by atoms with Crippen LogP contribution in [-0.4, -0.2) is 22.8 Å². The third-order valence-electron chi connectivity index (χ3n) is 2.77. The lowest BCUT2D eigenvalue weighted by molar-refractivity contribution is 0.140. The molecule has 1 rings (SSSR count). The van der Waals surface area contributed by atoms with Crippen molar-refractivity contribution in [3.05, 3.63) is 0 Å². The lowest BCUT2D eigenvalue weighted by atomic mass is 9.67. The maximum atomic E-state index is 10.8. The predicted octanol–water partition coefficient (Wildman–Crippen LogP) is 0.884. The second kappa shape index (κ2) is 3.68. The largest absolute Gasteiger partial charge is 0.330 e. The number of hydrogen-bond donors (Lipinski definition) is 1. The fraction of sp³-hybridized carbons (Fsp3) is 1.00. The number of hydrogen-bond acceptors (Lipinski definition) is 2. The van der Waals surface area contributed by atoms with E-state index in [4.69, 9.17) is 5.73 Å². The molecular formula is C8H17NOS. The van der Waals surface area contributed by atoms with Crippen LogP contribution >= 0.6 is 0 Å². The smallest absolute Gasteiger partial charge is 0.0237 e. The maximum Gasteiger partial charge on any atom is 0.0237 e. The summed E-state index contributed by atoms with van der Waals surface area (Å²) in [6.07, 6.45) is 6.64. The van der Waals surface area contributed by atoms with Crippen LogP contribution in [0.4, 0.5) is 0 Å². The molecule has 0 amide bonds. The van der Waals surface area contributed by atoms with Crippen molar-refractivity contribution in [3.8, 4) is 0 Å². The van der Waals surface area contributed by atoms with Gasteiger partial charge in [0.1, 0.15) is 0 Å². The second-order valence-electron chi connectivity index (χ2n) is 3.58. The van der Waals surface area contributed by atoms with Crippen LogP contribution in [0.5, 0.6) is 0 Å². The normalized spacial score (nSPS) is 24.2. The molecule has 2 N–H and O–H groups in total. The molecule has 1 saturated carbocycles. The molecule has 0 saturated heterocycles. The Morgan fingerprint density at radius 3 is 2.45 bits per heavy atom. The molecule has 1 aliphatic carbocycles. The van der Waals surface area contributed by atoms with Crippen molar-refractivity contribution in [2.24, 2.45) is 11.1 Å². The highest BCUT2D eigenvalue weighted by atomic mass is 32.2. The second-order valence-corrected chi connectivity index (χ2v) is 5.14. The third-order valence-corrected chi connectivity index (χ3v) is 3.55. The quantitative estimate of drug-likeness (QED) is 0.689. The zero-order valence-corrected chi connectivity index (χ0v) is 7.95. The van der Waals surface area contributed by atoms with Crippen molar-refractivity contribution in [2.75, 3.05) is 18.6 Å². The molecule has 0 spiro atoms. The van der Waals surface area contributed by atoms with Crippen molar-refractivity contribution in [1.29, 1.82) is 0 Å². The molecule has 66 valence electrons. The average molecular weight is 175 g/mol. The first kappa shape index (κ1) is 9.20. The van der Waals surface area contributed by atoms with Crippen LogP contribution < -0.4 is 5.73 Å². The van der Waals surface area contributed by atoms with Gasteiger partial charge in [-0.1, -0.05) is 6.42 Å². The van der Waals surface area contributed by atoms with Crippen LogP contribution in [0.15, 0.2) is 0 Å². The van der Waals surface area contributed by atoms with Crippen molar-refractivity contribution in [1.82, 2.24) is 0 Å². The third kappa shape index (κ3) is 2.27. The van der Waals surface area contributed by atoms with Gasteiger partial charge >= 0.3 is 0 Å². The summed E-state index contributed by atoms with van der Waals surface area (Å²) in [5, 5.41) is 0. The van der Waals surface area contributed by atoms with Gasteiger partial charge in [-0.05, 0) is 31.2 Å². The molecule has 0 aliphatic heterocycles. The van der Waals surface area contributed by atoms with Crippen LogP contribution in [0, 0.1) is 5.41 Å². The molecule has 1 unspecified atom stereocenters. The molecular weight excluding hydrogens is 158 g/mol. The molecule has 2 nitrogen and oxygen atoms in total. The Balaban J connectivity index is 2.27. The Labute approximate surface area is 71.0 Å². The molecule has 0 aromatic carbocycles. The first-order valence-electron chi connectivity index (χ1n) is 4.19. The summed E-state index contributed by atoms with van der Waals surface area (Å²) in [6, 6.07) is 0. The zero-order valence-electron chi connectivity index (χ0n) is 7.14. The summed E-state index contributed by atoms with van der Waals surface area (Å²) >= 11 is 0. The first-order chi connectivity index (χ1) is 5.18. The molecule has 0 radical (unpaired) electrons. The Morgan fingerprint density at radius 1 is 1.55 bits per heavy atom. The summed E-state index contributed by atoms with van der Waals surface area (Å²) in [6.45, 7) is 0.782. The minimum atomic E-state index is -0.637. The maximum absolute atomic E-state index is 10.8. The lowest BCUT2D eigenvalue weighted by Crippen LogP contribution is -2.38. The highest BCUT2D eigenvalue weighted by molar-refractivity contribution is 7.84. The van der Waals surface area contributed by atoms with E-state index in [1.807, 2.05) is 0 Å². The van der Waals surface area contributed by atoms with Crippen LogP contribution in [0.25, 0.3) is 0 Å². The predicted molar refractivity (Wildman–Crippen MR) is 48.9 cm³/mol. The SMILES string of the molecule is CS(=O)CCC1(CN)CCC1. The van der Waals surface area contributed by atoms with E-state index in [-0.39, 0.29) is 0 Å². The standard InChI is InChI=1S/C8H17NOS/c1-11(10)6-5-8(7-9)3-2-4-8/h2-7,9H2,1H3. The minimum absolute atomic E-state index is 0.381. The molecule has 1 fully saturated rings. The molecule has 1 atom stereocenters. The highest BCUT2D eigenvalue weighted by Gasteiger charge is 2.34. The summed E-state index contributed by atoms with van der Waals surface area (Å²) in [5.74, 6) is 0.831. The van der Waals surface area contributed by atoms with Crippen molar-refractivity contribution < 1.29 is 4.21 Å². The van der Waals surface area contributed by atoms with Crippen molar-refractivity contribution in [2.45, 2.75) is 25.7 Å². The Bertz CT molecular complexity index is 149. The summed E-state index contributed by atoms with van der Waals surface area (Å²) in [4.78, 5) is 0. The Kier molecular flexibility index (Phi) is 3.07. The van der Waals surface area contributed by atoms with Crippen molar-refractivity contribution >= 4 is 10.8 Å². The highest BCUT2D eigenvalue weighted by Crippen LogP contribution is 2.42. The summed E-state index contributed by atoms with van der Waals surface area (Å²) in [7, 11) is -0.637. The van der Waals surface area contributed by atoms with Crippen LogP contribution in [0.1, 0.15) is 25.7 Å². The molecule has 0 heterocycles. The number of rotatable bonds is 4. The van der Waals surface area contributed by atoms with Crippen LogP contribution in [0.2, 0.25) is 0 Å². The van der Waals surface area contributed by atoms with Gasteiger partial charge in [0.15, 0.2) is 0 Å². The van der Waals surface area contributed by atoms with Crippen molar-refractivity contribution in [3.63, 3.8) is 0 Å². The van der Waals surface area contributed by atoms with Gasteiger partial charge in [0.25, 0.3) is 0 Å². The molecule has 1 aliphatic rings. The fourth-order valence-electron chi connectivity index (χ4n) is 1.59. The van der Waals surface area contributed by atoms with Gasteiger partial charge in [0.2, 0.25) is 0 Å². The van der Waals surface area contributed by atoms with Gasteiger partial charge < -0.3 is 5.73 Å². The van der Waals surface area contributed by atoms with E-state index < -0.39 is 10.8 Å². The summed E-state index contributed by atoms with van der Waals surface area (Å²) in [5.41, 5.74) is 6.04. The van der Waals surface area contributed by atoms with E-state index in [9.17, 15) is 4.21 Å². The molecule has 0 aromatic rings. The summed E-state index contributed by atoms with van der Waals surface area (Å²) < 4.78 is 10.8. The van der Waals surface area contributed by atoms with Crippen LogP contribution in [0.3, 0.4) is 0 Å². The fourth-order valence-corrected chi connectivity index (χ4v) is 2.31.